The summed E-state index contributed by atoms with van der Waals surface area (Å²) in [6.07, 6.45) is 4.43. The number of hydrogen-bond acceptors (Lipinski definition) is 2. The highest BCUT2D eigenvalue weighted by Crippen LogP contribution is 2.41. The molecule has 2 rings (SSSR count). The predicted molar refractivity (Wildman–Crippen MR) is 81.9 cm³/mol. The van der Waals surface area contributed by atoms with Gasteiger partial charge in [0.2, 0.25) is 5.91 Å². The third-order valence-electron chi connectivity index (χ3n) is 4.62. The molecule has 1 amide bonds. The van der Waals surface area contributed by atoms with Crippen LogP contribution in [0.25, 0.3) is 0 Å². The van der Waals surface area contributed by atoms with Crippen molar-refractivity contribution in [3.05, 3.63) is 23.3 Å². The van der Waals surface area contributed by atoms with Gasteiger partial charge in [0.25, 0.3) is 0 Å². The van der Waals surface area contributed by atoms with E-state index in [1.807, 2.05) is 19.9 Å². The molecule has 1 fully saturated rings. The molecule has 0 heterocycles. The van der Waals surface area contributed by atoms with Gasteiger partial charge in [0.1, 0.15) is 5.75 Å². The summed E-state index contributed by atoms with van der Waals surface area (Å²) < 4.78 is 0. The molecule has 1 aromatic rings. The average Bonchev–Trinajstić information content (AvgIpc) is 2.35. The summed E-state index contributed by atoms with van der Waals surface area (Å²) in [5.74, 6) is 0.464. The first-order chi connectivity index (χ1) is 9.31. The van der Waals surface area contributed by atoms with Gasteiger partial charge >= 0.3 is 0 Å². The molecule has 110 valence electrons. The lowest BCUT2D eigenvalue weighted by Gasteiger charge is -2.37. The zero-order valence-electron chi connectivity index (χ0n) is 12.9. The number of aromatic hydroxyl groups is 1. The summed E-state index contributed by atoms with van der Waals surface area (Å²) >= 11 is 0. The SMILES string of the molecule is Cc1cc(NC(=O)C2CCCCC2(C)C)c(C)cc1O. The smallest absolute Gasteiger partial charge is 0.228 e. The van der Waals surface area contributed by atoms with Crippen LogP contribution in [0.4, 0.5) is 5.69 Å². The molecule has 0 aromatic heterocycles. The Morgan fingerprint density at radius 3 is 2.60 bits per heavy atom. The maximum Gasteiger partial charge on any atom is 0.228 e. The Morgan fingerprint density at radius 1 is 1.25 bits per heavy atom. The highest BCUT2D eigenvalue weighted by Gasteiger charge is 2.37. The van der Waals surface area contributed by atoms with E-state index in [0.29, 0.717) is 0 Å². The van der Waals surface area contributed by atoms with Crippen molar-refractivity contribution in [1.82, 2.24) is 0 Å². The van der Waals surface area contributed by atoms with Crippen LogP contribution in [0.2, 0.25) is 0 Å². The van der Waals surface area contributed by atoms with Gasteiger partial charge in [0.05, 0.1) is 0 Å². The Bertz CT molecular complexity index is 520. The molecule has 1 unspecified atom stereocenters. The van der Waals surface area contributed by atoms with E-state index in [9.17, 15) is 9.90 Å². The highest BCUT2D eigenvalue weighted by atomic mass is 16.3. The number of anilines is 1. The number of rotatable bonds is 2. The molecule has 0 spiro atoms. The van der Waals surface area contributed by atoms with Crippen molar-refractivity contribution in [3.63, 3.8) is 0 Å². The van der Waals surface area contributed by atoms with Crippen molar-refractivity contribution in [2.75, 3.05) is 5.32 Å². The first kappa shape index (κ1) is 14.9. The van der Waals surface area contributed by atoms with Crippen LogP contribution < -0.4 is 5.32 Å². The first-order valence-electron chi connectivity index (χ1n) is 7.42. The minimum Gasteiger partial charge on any atom is -0.508 e. The molecule has 1 atom stereocenters. The molecule has 0 radical (unpaired) electrons. The summed E-state index contributed by atoms with van der Waals surface area (Å²) in [7, 11) is 0. The summed E-state index contributed by atoms with van der Waals surface area (Å²) in [6, 6.07) is 3.55. The van der Waals surface area contributed by atoms with Gasteiger partial charge in [-0.2, -0.15) is 0 Å². The highest BCUT2D eigenvalue weighted by molar-refractivity contribution is 5.94. The van der Waals surface area contributed by atoms with Gasteiger partial charge in [-0.05, 0) is 55.4 Å². The number of phenolic OH excluding ortho intramolecular Hbond substituents is 1. The van der Waals surface area contributed by atoms with Crippen LogP contribution in [0.15, 0.2) is 12.1 Å². The summed E-state index contributed by atoms with van der Waals surface area (Å²) in [5.41, 5.74) is 2.57. The number of carbonyl (C=O) groups is 1. The lowest BCUT2D eigenvalue weighted by Crippen LogP contribution is -2.37. The van der Waals surface area contributed by atoms with Crippen molar-refractivity contribution in [2.45, 2.75) is 53.4 Å². The average molecular weight is 275 g/mol. The number of phenols is 1. The number of aryl methyl sites for hydroxylation is 2. The number of benzene rings is 1. The molecule has 2 N–H and O–H groups in total. The molecular weight excluding hydrogens is 250 g/mol. The van der Waals surface area contributed by atoms with E-state index in [1.54, 1.807) is 6.07 Å². The van der Waals surface area contributed by atoms with Crippen LogP contribution in [-0.4, -0.2) is 11.0 Å². The van der Waals surface area contributed by atoms with Gasteiger partial charge in [0, 0.05) is 11.6 Å². The standard InChI is InChI=1S/C17H25NO2/c1-11-10-15(19)12(2)9-14(11)18-16(20)13-7-5-6-8-17(13,3)4/h9-10,13,19H,5-8H2,1-4H3,(H,18,20). The molecule has 20 heavy (non-hydrogen) atoms. The van der Waals surface area contributed by atoms with Crippen LogP contribution in [0.5, 0.6) is 5.75 Å². The fraction of sp³-hybridized carbons (Fsp3) is 0.588. The predicted octanol–water partition coefficient (Wildman–Crippen LogP) is 4.16. The molecule has 0 aliphatic heterocycles. The normalized spacial score (nSPS) is 21.5. The van der Waals surface area contributed by atoms with E-state index in [0.717, 1.165) is 36.1 Å². The van der Waals surface area contributed by atoms with E-state index in [2.05, 4.69) is 19.2 Å². The Kier molecular flexibility index (Phi) is 4.07. The maximum atomic E-state index is 12.6. The fourth-order valence-corrected chi connectivity index (χ4v) is 3.14. The Hall–Kier alpha value is -1.51. The van der Waals surface area contributed by atoms with Crippen LogP contribution >= 0.6 is 0 Å². The van der Waals surface area contributed by atoms with Gasteiger partial charge < -0.3 is 10.4 Å². The van der Waals surface area contributed by atoms with Gasteiger partial charge in [-0.25, -0.2) is 0 Å². The summed E-state index contributed by atoms with van der Waals surface area (Å²) in [6.45, 7) is 8.12. The minimum atomic E-state index is 0.0716. The Labute approximate surface area is 121 Å². The number of carbonyl (C=O) groups excluding carboxylic acids is 1. The Morgan fingerprint density at radius 2 is 1.95 bits per heavy atom. The fourth-order valence-electron chi connectivity index (χ4n) is 3.14. The minimum absolute atomic E-state index is 0.0716. The van der Waals surface area contributed by atoms with Gasteiger partial charge in [-0.3, -0.25) is 4.79 Å². The number of hydrogen-bond donors (Lipinski definition) is 2. The van der Waals surface area contributed by atoms with Crippen LogP contribution in [0, 0.1) is 25.2 Å². The van der Waals surface area contributed by atoms with Crippen LogP contribution in [-0.2, 0) is 4.79 Å². The van der Waals surface area contributed by atoms with Crippen molar-refractivity contribution >= 4 is 11.6 Å². The van der Waals surface area contributed by atoms with E-state index in [-0.39, 0.29) is 23.0 Å². The van der Waals surface area contributed by atoms with Crippen LogP contribution in [0.3, 0.4) is 0 Å². The summed E-state index contributed by atoms with van der Waals surface area (Å²) in [4.78, 5) is 12.6. The molecule has 1 saturated carbocycles. The third-order valence-corrected chi connectivity index (χ3v) is 4.62. The molecule has 0 saturated heterocycles. The molecular formula is C17H25NO2. The molecule has 1 aliphatic rings. The van der Waals surface area contributed by atoms with Crippen molar-refractivity contribution < 1.29 is 9.90 Å². The molecule has 3 heteroatoms. The second-order valence-electron chi connectivity index (χ2n) is 6.73. The second-order valence-corrected chi connectivity index (χ2v) is 6.73. The molecule has 0 bridgehead atoms. The van der Waals surface area contributed by atoms with E-state index in [4.69, 9.17) is 0 Å². The monoisotopic (exact) mass is 275 g/mol. The number of nitrogens with one attached hydrogen (secondary N) is 1. The van der Waals surface area contributed by atoms with E-state index < -0.39 is 0 Å². The van der Waals surface area contributed by atoms with Crippen molar-refractivity contribution in [2.24, 2.45) is 11.3 Å². The first-order valence-corrected chi connectivity index (χ1v) is 7.42. The van der Waals surface area contributed by atoms with E-state index in [1.165, 1.54) is 6.42 Å². The summed E-state index contributed by atoms with van der Waals surface area (Å²) in [5, 5.41) is 12.7. The zero-order chi connectivity index (χ0) is 14.9. The number of amides is 1. The zero-order valence-corrected chi connectivity index (χ0v) is 12.9. The van der Waals surface area contributed by atoms with Crippen molar-refractivity contribution in [1.29, 1.82) is 0 Å². The van der Waals surface area contributed by atoms with Crippen LogP contribution in [0.1, 0.15) is 50.7 Å². The quantitative estimate of drug-likeness (QED) is 0.796. The largest absolute Gasteiger partial charge is 0.508 e. The van der Waals surface area contributed by atoms with Gasteiger partial charge in [-0.15, -0.1) is 0 Å². The maximum absolute atomic E-state index is 12.6. The Balaban J connectivity index is 2.17. The molecule has 3 nitrogen and oxygen atoms in total. The lowest BCUT2D eigenvalue weighted by molar-refractivity contribution is -0.124. The molecule has 1 aromatic carbocycles. The van der Waals surface area contributed by atoms with Gasteiger partial charge in [0.15, 0.2) is 0 Å². The van der Waals surface area contributed by atoms with Crippen molar-refractivity contribution in [3.8, 4) is 5.75 Å². The molecule has 1 aliphatic carbocycles. The second kappa shape index (κ2) is 5.47. The third kappa shape index (κ3) is 2.97. The lowest BCUT2D eigenvalue weighted by atomic mass is 9.68. The van der Waals surface area contributed by atoms with E-state index >= 15 is 0 Å². The topological polar surface area (TPSA) is 49.3 Å². The van der Waals surface area contributed by atoms with Gasteiger partial charge in [-0.1, -0.05) is 26.7 Å².